The van der Waals surface area contributed by atoms with Gasteiger partial charge in [-0.25, -0.2) is 9.87 Å². The molecule has 2 unspecified atom stereocenters. The van der Waals surface area contributed by atoms with E-state index in [1.54, 1.807) is 10.4 Å². The molecule has 2 N–H and O–H groups in total. The number of fused-ring (bicyclic) bond motifs is 1. The molecule has 0 radical (unpaired) electrons. The summed E-state index contributed by atoms with van der Waals surface area (Å²) in [7, 11) is 0. The molecule has 2 heterocycles. The summed E-state index contributed by atoms with van der Waals surface area (Å²) in [6, 6.07) is 13.7. The van der Waals surface area contributed by atoms with E-state index in [0.29, 0.717) is 32.4 Å². The van der Waals surface area contributed by atoms with Crippen LogP contribution in [0.1, 0.15) is 59.4 Å². The highest BCUT2D eigenvalue weighted by Crippen LogP contribution is 2.46. The molecule has 1 saturated heterocycles. The maximum absolute atomic E-state index is 14.3. The molecule has 0 bridgehead atoms. The summed E-state index contributed by atoms with van der Waals surface area (Å²) in [5, 5.41) is 9.57. The molecule has 9 heteroatoms. The van der Waals surface area contributed by atoms with E-state index in [2.05, 4.69) is 0 Å². The van der Waals surface area contributed by atoms with Gasteiger partial charge in [-0.1, -0.05) is 50.2 Å². The normalized spacial score (nSPS) is 20.1. The lowest BCUT2D eigenvalue weighted by molar-refractivity contribution is -0.150. The smallest absolute Gasteiger partial charge is 0.264 e. The van der Waals surface area contributed by atoms with Gasteiger partial charge < -0.3 is 4.90 Å². The van der Waals surface area contributed by atoms with Gasteiger partial charge in [0.25, 0.3) is 11.8 Å². The first kappa shape index (κ1) is 26.5. The quantitative estimate of drug-likeness (QED) is 0.290. The molecule has 0 saturated carbocycles. The third-order valence-electron chi connectivity index (χ3n) is 7.51. The molecule has 196 valence electrons. The summed E-state index contributed by atoms with van der Waals surface area (Å²) in [6.45, 7) is 4.70. The van der Waals surface area contributed by atoms with E-state index in [1.807, 2.05) is 44.2 Å². The second-order valence-electron chi connectivity index (χ2n) is 10.3. The predicted molar refractivity (Wildman–Crippen MR) is 133 cm³/mol. The van der Waals surface area contributed by atoms with Crippen LogP contribution in [0.2, 0.25) is 0 Å². The monoisotopic (exact) mass is 509 g/mol. The lowest BCUT2D eigenvalue weighted by Gasteiger charge is -2.36. The number of carbonyl (C=O) groups is 4. The van der Waals surface area contributed by atoms with Crippen LogP contribution in [0.15, 0.2) is 48.5 Å². The molecule has 8 nitrogen and oxygen atoms in total. The molecule has 2 aliphatic heterocycles. The molecule has 0 aromatic heterocycles. The molecule has 4 amide bonds. The first-order valence-corrected chi connectivity index (χ1v) is 12.6. The zero-order chi connectivity index (χ0) is 26.7. The zero-order valence-electron chi connectivity index (χ0n) is 21.1. The summed E-state index contributed by atoms with van der Waals surface area (Å²) in [6.07, 6.45) is 1.45. The van der Waals surface area contributed by atoms with Crippen LogP contribution < -0.4 is 5.48 Å². The van der Waals surface area contributed by atoms with Crippen molar-refractivity contribution in [3.05, 3.63) is 71.0 Å². The fourth-order valence-corrected chi connectivity index (χ4v) is 5.85. The van der Waals surface area contributed by atoms with Crippen LogP contribution in [-0.4, -0.2) is 58.3 Å². The Hall–Kier alpha value is -3.59. The molecule has 4 rings (SSSR count). The first-order valence-electron chi connectivity index (χ1n) is 12.6. The number of hydrogen-bond donors (Lipinski definition) is 2. The topological polar surface area (TPSA) is 107 Å². The number of imide groups is 1. The summed E-state index contributed by atoms with van der Waals surface area (Å²) in [5.41, 5.74) is 1.40. The van der Waals surface area contributed by atoms with Gasteiger partial charge in [-0.3, -0.25) is 29.3 Å². The van der Waals surface area contributed by atoms with Crippen molar-refractivity contribution < 1.29 is 28.8 Å². The molecule has 2 aromatic rings. The number of halogens is 1. The lowest BCUT2D eigenvalue weighted by Crippen LogP contribution is -2.48. The van der Waals surface area contributed by atoms with Crippen LogP contribution in [0, 0.1) is 23.1 Å². The standard InChI is InChI=1S/C28H32FN3O5/c1-18(2)17-28(13-16-31(27(28)36)14-11-19-7-4-3-5-8-19)21(24(33)30-37)12-15-32-25(34)20-9-6-10-22(29)23(20)26(32)35/h3-10,18,21,37H,11-17H2,1-2H3,(H,30,33). The summed E-state index contributed by atoms with van der Waals surface area (Å²) in [5.74, 6) is -3.99. The van der Waals surface area contributed by atoms with E-state index in [0.717, 1.165) is 16.5 Å². The van der Waals surface area contributed by atoms with Gasteiger partial charge in [0.2, 0.25) is 11.8 Å². The largest absolute Gasteiger partial charge is 0.342 e. The van der Waals surface area contributed by atoms with Crippen LogP contribution in [0.5, 0.6) is 0 Å². The van der Waals surface area contributed by atoms with E-state index >= 15 is 0 Å². The Kier molecular flexibility index (Phi) is 7.73. The Balaban J connectivity index is 1.56. The molecular formula is C28H32FN3O5. The molecule has 0 aliphatic carbocycles. The number of nitrogens with one attached hydrogen (secondary N) is 1. The molecular weight excluding hydrogens is 477 g/mol. The second kappa shape index (κ2) is 10.8. The minimum atomic E-state index is -1.10. The maximum Gasteiger partial charge on any atom is 0.264 e. The van der Waals surface area contributed by atoms with Crippen LogP contribution in [0.25, 0.3) is 0 Å². The number of likely N-dealkylation sites (tertiary alicyclic amines) is 1. The summed E-state index contributed by atoms with van der Waals surface area (Å²) in [4.78, 5) is 55.2. The van der Waals surface area contributed by atoms with E-state index < -0.39 is 34.9 Å². The van der Waals surface area contributed by atoms with Crippen molar-refractivity contribution in [2.24, 2.45) is 17.3 Å². The number of hydrogen-bond acceptors (Lipinski definition) is 5. The number of benzene rings is 2. The van der Waals surface area contributed by atoms with Crippen molar-refractivity contribution in [1.29, 1.82) is 0 Å². The maximum atomic E-state index is 14.3. The van der Waals surface area contributed by atoms with E-state index in [-0.39, 0.29) is 35.9 Å². The van der Waals surface area contributed by atoms with Gasteiger partial charge in [-0.2, -0.15) is 0 Å². The minimum absolute atomic E-state index is 0.0194. The lowest BCUT2D eigenvalue weighted by atomic mass is 9.67. The van der Waals surface area contributed by atoms with E-state index in [4.69, 9.17) is 0 Å². The summed E-state index contributed by atoms with van der Waals surface area (Å²) < 4.78 is 14.3. The van der Waals surface area contributed by atoms with Crippen molar-refractivity contribution in [2.45, 2.75) is 39.5 Å². The van der Waals surface area contributed by atoms with Crippen molar-refractivity contribution in [3.63, 3.8) is 0 Å². The van der Waals surface area contributed by atoms with Gasteiger partial charge in [-0.05, 0) is 49.3 Å². The van der Waals surface area contributed by atoms with Gasteiger partial charge in [0.15, 0.2) is 0 Å². The van der Waals surface area contributed by atoms with Gasteiger partial charge >= 0.3 is 0 Å². The van der Waals surface area contributed by atoms with Crippen LogP contribution in [0.4, 0.5) is 4.39 Å². The Morgan fingerprint density at radius 1 is 1.05 bits per heavy atom. The second-order valence-corrected chi connectivity index (χ2v) is 10.3. The molecule has 37 heavy (non-hydrogen) atoms. The van der Waals surface area contributed by atoms with Crippen LogP contribution in [0.3, 0.4) is 0 Å². The Morgan fingerprint density at radius 2 is 1.78 bits per heavy atom. The number of hydroxylamine groups is 1. The number of nitrogens with zero attached hydrogens (tertiary/aromatic N) is 2. The van der Waals surface area contributed by atoms with Crippen molar-refractivity contribution in [2.75, 3.05) is 19.6 Å². The first-order chi connectivity index (χ1) is 17.7. The third-order valence-corrected chi connectivity index (χ3v) is 7.51. The number of carbonyl (C=O) groups excluding carboxylic acids is 4. The highest BCUT2D eigenvalue weighted by Gasteiger charge is 2.54. The average molecular weight is 510 g/mol. The van der Waals surface area contributed by atoms with Gasteiger partial charge in [-0.15, -0.1) is 0 Å². The fraction of sp³-hybridized carbons (Fsp3) is 0.429. The Morgan fingerprint density at radius 3 is 2.43 bits per heavy atom. The van der Waals surface area contributed by atoms with Crippen LogP contribution in [-0.2, 0) is 16.0 Å². The molecule has 1 fully saturated rings. The highest BCUT2D eigenvalue weighted by molar-refractivity contribution is 6.21. The number of amides is 4. The third kappa shape index (κ3) is 5.00. The van der Waals surface area contributed by atoms with Crippen molar-refractivity contribution >= 4 is 23.6 Å². The van der Waals surface area contributed by atoms with Gasteiger partial charge in [0, 0.05) is 19.6 Å². The van der Waals surface area contributed by atoms with E-state index in [9.17, 15) is 28.8 Å². The summed E-state index contributed by atoms with van der Waals surface area (Å²) >= 11 is 0. The van der Waals surface area contributed by atoms with Crippen molar-refractivity contribution in [3.8, 4) is 0 Å². The molecule has 2 atom stereocenters. The molecule has 2 aromatic carbocycles. The fourth-order valence-electron chi connectivity index (χ4n) is 5.85. The van der Waals surface area contributed by atoms with E-state index in [1.165, 1.54) is 12.1 Å². The van der Waals surface area contributed by atoms with Gasteiger partial charge in [0.1, 0.15) is 5.82 Å². The molecule has 0 spiro atoms. The zero-order valence-corrected chi connectivity index (χ0v) is 21.1. The molecule has 2 aliphatic rings. The highest BCUT2D eigenvalue weighted by atomic mass is 19.1. The number of rotatable bonds is 10. The van der Waals surface area contributed by atoms with Gasteiger partial charge in [0.05, 0.1) is 22.5 Å². The average Bonchev–Trinajstić information content (AvgIpc) is 3.32. The Labute approximate surface area is 215 Å². The minimum Gasteiger partial charge on any atom is -0.342 e. The predicted octanol–water partition coefficient (Wildman–Crippen LogP) is 3.44. The van der Waals surface area contributed by atoms with Crippen molar-refractivity contribution in [1.82, 2.24) is 15.3 Å². The SMILES string of the molecule is CC(C)CC1(C(CCN2C(=O)c3cccc(F)c3C2=O)C(=O)NO)CCN(CCc2ccccc2)C1=O. The Bertz CT molecular complexity index is 1200. The van der Waals surface area contributed by atoms with Crippen LogP contribution >= 0.6 is 0 Å².